The Morgan fingerprint density at radius 3 is 2.24 bits per heavy atom. The van der Waals surface area contributed by atoms with Crippen LogP contribution in [0.15, 0.2) is 12.4 Å². The molecule has 37 heavy (non-hydrogen) atoms. The van der Waals surface area contributed by atoms with Crippen molar-refractivity contribution >= 4 is 11.7 Å². The van der Waals surface area contributed by atoms with Crippen molar-refractivity contribution in [2.45, 2.75) is 110 Å². The maximum Gasteiger partial charge on any atom is 0.222 e. The molecule has 1 aromatic rings. The van der Waals surface area contributed by atoms with Gasteiger partial charge in [-0.05, 0) is 102 Å². The topological polar surface area (TPSA) is 61.4 Å². The molecule has 2 aliphatic carbocycles. The lowest BCUT2D eigenvalue weighted by Gasteiger charge is -2.54. The molecular formula is C31H53N5O. The van der Waals surface area contributed by atoms with E-state index in [2.05, 4.69) is 52.9 Å². The summed E-state index contributed by atoms with van der Waals surface area (Å²) in [4.78, 5) is 25.8. The van der Waals surface area contributed by atoms with Crippen LogP contribution in [-0.2, 0) is 4.79 Å². The number of aromatic nitrogens is 2. The first kappa shape index (κ1) is 28.5. The van der Waals surface area contributed by atoms with Crippen molar-refractivity contribution in [3.63, 3.8) is 0 Å². The summed E-state index contributed by atoms with van der Waals surface area (Å²) < 4.78 is 0. The molecule has 1 N–H and O–H groups in total. The highest BCUT2D eigenvalue weighted by molar-refractivity contribution is 5.83. The quantitative estimate of drug-likeness (QED) is 0.485. The molecule has 0 aromatic carbocycles. The lowest BCUT2D eigenvalue weighted by Crippen LogP contribution is -2.49. The number of anilines is 1. The third-order valence-corrected chi connectivity index (χ3v) is 9.81. The van der Waals surface area contributed by atoms with Gasteiger partial charge in [0.25, 0.3) is 0 Å². The van der Waals surface area contributed by atoms with Crippen molar-refractivity contribution in [1.29, 1.82) is 0 Å². The van der Waals surface area contributed by atoms with Crippen LogP contribution in [0.4, 0.5) is 5.95 Å². The van der Waals surface area contributed by atoms with Crippen LogP contribution in [0.5, 0.6) is 0 Å². The van der Waals surface area contributed by atoms with Crippen molar-refractivity contribution in [1.82, 2.24) is 19.8 Å². The van der Waals surface area contributed by atoms with Gasteiger partial charge in [-0.1, -0.05) is 33.6 Å². The van der Waals surface area contributed by atoms with E-state index in [1.165, 1.54) is 83.0 Å². The van der Waals surface area contributed by atoms with E-state index in [0.717, 1.165) is 18.4 Å². The van der Waals surface area contributed by atoms with E-state index in [0.29, 0.717) is 35.1 Å². The van der Waals surface area contributed by atoms with Crippen LogP contribution in [0.3, 0.4) is 0 Å². The molecule has 3 heterocycles. The molecule has 0 bridgehead atoms. The zero-order valence-corrected chi connectivity index (χ0v) is 24.5. The molecule has 1 spiro atoms. The number of piperidine rings is 2. The largest absolute Gasteiger partial charge is 0.350 e. The second-order valence-electron chi connectivity index (χ2n) is 13.3. The van der Waals surface area contributed by atoms with Crippen LogP contribution in [0.1, 0.15) is 104 Å². The van der Waals surface area contributed by atoms with Gasteiger partial charge >= 0.3 is 0 Å². The number of carbonyl (C=O) groups excluding carboxylic acids is 1. The van der Waals surface area contributed by atoms with Gasteiger partial charge in [-0.3, -0.25) is 9.69 Å². The molecule has 208 valence electrons. The number of nitrogens with one attached hydrogen (secondary N) is 1. The van der Waals surface area contributed by atoms with Crippen LogP contribution >= 0.6 is 0 Å². The molecule has 2 aliphatic heterocycles. The minimum Gasteiger partial charge on any atom is -0.350 e. The second kappa shape index (κ2) is 12.5. The van der Waals surface area contributed by atoms with Crippen molar-refractivity contribution in [2.75, 3.05) is 38.5 Å². The molecule has 6 nitrogen and oxygen atoms in total. The molecule has 2 saturated carbocycles. The van der Waals surface area contributed by atoms with Gasteiger partial charge in [-0.15, -0.1) is 0 Å². The van der Waals surface area contributed by atoms with E-state index in [4.69, 9.17) is 0 Å². The fraction of sp³-hybridized carbons (Fsp3) is 0.839. The highest BCUT2D eigenvalue weighted by Crippen LogP contribution is 2.59. The number of rotatable bonds is 7. The minimum absolute atomic E-state index is 0.257. The molecule has 2 saturated heterocycles. The summed E-state index contributed by atoms with van der Waals surface area (Å²) in [7, 11) is 2.20. The zero-order chi connectivity index (χ0) is 26.6. The molecule has 2 atom stereocenters. The number of hydrogen-bond acceptors (Lipinski definition) is 6. The van der Waals surface area contributed by atoms with E-state index in [1.54, 1.807) is 0 Å². The molecule has 4 aliphatic rings. The number of likely N-dealkylation sites (tertiary alicyclic amines) is 2. The maximum absolute atomic E-state index is 11.6. The van der Waals surface area contributed by atoms with Gasteiger partial charge in [0.15, 0.2) is 0 Å². The smallest absolute Gasteiger partial charge is 0.222 e. The Balaban J connectivity index is 0.000000222. The van der Waals surface area contributed by atoms with E-state index >= 15 is 0 Å². The van der Waals surface area contributed by atoms with E-state index in [1.807, 2.05) is 26.2 Å². The monoisotopic (exact) mass is 511 g/mol. The molecule has 0 amide bonds. The summed E-state index contributed by atoms with van der Waals surface area (Å²) in [5.41, 5.74) is 1.97. The van der Waals surface area contributed by atoms with Gasteiger partial charge in [-0.25, -0.2) is 9.97 Å². The molecule has 0 radical (unpaired) electrons. The normalized spacial score (nSPS) is 26.9. The standard InChI is InChI=1S/C20H35N5.C11H18O/c1-5-16-10-19(14-25(13-16)15(2)3)23-20-21-11-18(12-22-20)17-6-8-24(4)9-7-17;1-8(2)10(12)9-6-11(7-9)4-3-5-11/h11-12,15-17,19H,5-10,13-14H2,1-4H3,(H,21,22,23);8-9H,3-7H2,1-2H3. The lowest BCUT2D eigenvalue weighted by atomic mass is 9.50. The maximum atomic E-state index is 11.6. The first-order valence-electron chi connectivity index (χ1n) is 15.2. The summed E-state index contributed by atoms with van der Waals surface area (Å²) in [6.07, 6.45) is 15.6. The fourth-order valence-corrected chi connectivity index (χ4v) is 6.95. The number of Topliss-reactive ketones (excluding diaryl/α,β-unsaturated/α-hetero) is 1. The van der Waals surface area contributed by atoms with E-state index in [9.17, 15) is 4.79 Å². The Morgan fingerprint density at radius 1 is 1.08 bits per heavy atom. The molecule has 1 aromatic heterocycles. The number of hydrogen-bond donors (Lipinski definition) is 1. The van der Waals surface area contributed by atoms with Crippen molar-refractivity contribution in [3.05, 3.63) is 18.0 Å². The number of carbonyl (C=O) groups is 1. The minimum atomic E-state index is 0.257. The van der Waals surface area contributed by atoms with Crippen molar-refractivity contribution in [3.8, 4) is 0 Å². The average molecular weight is 512 g/mol. The Morgan fingerprint density at radius 2 is 1.73 bits per heavy atom. The van der Waals surface area contributed by atoms with Gasteiger partial charge in [0.1, 0.15) is 5.78 Å². The number of ketones is 1. The van der Waals surface area contributed by atoms with Crippen LogP contribution in [-0.4, -0.2) is 70.9 Å². The van der Waals surface area contributed by atoms with E-state index < -0.39 is 0 Å². The molecule has 5 rings (SSSR count). The van der Waals surface area contributed by atoms with E-state index in [-0.39, 0.29) is 5.92 Å². The van der Waals surface area contributed by atoms with Gasteiger partial charge in [0, 0.05) is 49.4 Å². The first-order chi connectivity index (χ1) is 17.7. The Kier molecular flexibility index (Phi) is 9.66. The Hall–Kier alpha value is -1.53. The molecular weight excluding hydrogens is 458 g/mol. The summed E-state index contributed by atoms with van der Waals surface area (Å²) in [6.45, 7) is 15.6. The van der Waals surface area contributed by atoms with Crippen LogP contribution in [0.25, 0.3) is 0 Å². The summed E-state index contributed by atoms with van der Waals surface area (Å²) in [6, 6.07) is 1.06. The third kappa shape index (κ3) is 7.32. The van der Waals surface area contributed by atoms with Gasteiger partial charge < -0.3 is 10.2 Å². The van der Waals surface area contributed by atoms with Crippen LogP contribution < -0.4 is 5.32 Å². The van der Waals surface area contributed by atoms with Gasteiger partial charge in [0.2, 0.25) is 5.95 Å². The summed E-state index contributed by atoms with van der Waals surface area (Å²) in [5, 5.41) is 3.60. The van der Waals surface area contributed by atoms with Crippen molar-refractivity contribution < 1.29 is 4.79 Å². The predicted octanol–water partition coefficient (Wildman–Crippen LogP) is 6.00. The number of nitrogens with zero attached hydrogens (tertiary/aromatic N) is 4. The second-order valence-corrected chi connectivity index (χ2v) is 13.3. The Labute approximate surface area is 226 Å². The van der Waals surface area contributed by atoms with Crippen molar-refractivity contribution in [2.24, 2.45) is 23.2 Å². The highest BCUT2D eigenvalue weighted by Gasteiger charge is 2.50. The van der Waals surface area contributed by atoms with Crippen LogP contribution in [0, 0.1) is 23.2 Å². The predicted molar refractivity (Wildman–Crippen MR) is 153 cm³/mol. The molecule has 2 unspecified atom stereocenters. The fourth-order valence-electron chi connectivity index (χ4n) is 6.95. The lowest BCUT2D eigenvalue weighted by molar-refractivity contribution is -0.137. The summed E-state index contributed by atoms with van der Waals surface area (Å²) >= 11 is 0. The van der Waals surface area contributed by atoms with Crippen LogP contribution in [0.2, 0.25) is 0 Å². The Bertz CT molecular complexity index is 849. The molecule has 6 heteroatoms. The van der Waals surface area contributed by atoms with Gasteiger partial charge in [-0.2, -0.15) is 0 Å². The average Bonchev–Trinajstić information content (AvgIpc) is 2.83. The molecule has 4 fully saturated rings. The summed E-state index contributed by atoms with van der Waals surface area (Å²) in [5.74, 6) is 3.39. The zero-order valence-electron chi connectivity index (χ0n) is 24.5. The van der Waals surface area contributed by atoms with Gasteiger partial charge in [0.05, 0.1) is 0 Å². The first-order valence-corrected chi connectivity index (χ1v) is 15.2. The SMILES string of the molecule is CC(C)C(=O)C1CC2(CCC2)C1.CCC1CC(Nc2ncc(C3CCN(C)CC3)cn2)CN(C(C)C)C1. The third-order valence-electron chi connectivity index (χ3n) is 9.81. The highest BCUT2D eigenvalue weighted by atomic mass is 16.1.